The second kappa shape index (κ2) is 6.24. The van der Waals surface area contributed by atoms with Crippen LogP contribution < -0.4 is 10.6 Å². The van der Waals surface area contributed by atoms with Crippen LogP contribution in [-0.4, -0.2) is 29.3 Å². The normalized spacial score (nSPS) is 27.5. The number of hydrogen-bond acceptors (Lipinski definition) is 2. The predicted octanol–water partition coefficient (Wildman–Crippen LogP) is 2.03. The van der Waals surface area contributed by atoms with Gasteiger partial charge < -0.3 is 15.7 Å². The quantitative estimate of drug-likeness (QED) is 0.690. The van der Waals surface area contributed by atoms with E-state index in [1.54, 1.807) is 0 Å². The fourth-order valence-corrected chi connectivity index (χ4v) is 2.41. The first-order chi connectivity index (χ1) is 8.00. The van der Waals surface area contributed by atoms with Crippen LogP contribution in [0.4, 0.5) is 4.79 Å². The van der Waals surface area contributed by atoms with E-state index in [4.69, 9.17) is 5.11 Å². The molecule has 3 atom stereocenters. The highest BCUT2D eigenvalue weighted by molar-refractivity contribution is 5.75. The summed E-state index contributed by atoms with van der Waals surface area (Å²) in [5.74, 6) is 0.575. The van der Waals surface area contributed by atoms with Gasteiger partial charge in [-0.3, -0.25) is 0 Å². The van der Waals surface area contributed by atoms with Crippen molar-refractivity contribution in [3.63, 3.8) is 0 Å². The fraction of sp³-hybridized carbons (Fsp3) is 0.923. The van der Waals surface area contributed by atoms with E-state index in [1.807, 2.05) is 13.8 Å². The molecule has 0 aliphatic heterocycles. The summed E-state index contributed by atoms with van der Waals surface area (Å²) in [6, 6.07) is 0.215. The summed E-state index contributed by atoms with van der Waals surface area (Å²) in [7, 11) is 0. The maximum Gasteiger partial charge on any atom is 0.315 e. The highest BCUT2D eigenvalue weighted by Gasteiger charge is 2.28. The van der Waals surface area contributed by atoms with Crippen molar-refractivity contribution in [2.45, 2.75) is 64.5 Å². The van der Waals surface area contributed by atoms with Crippen LogP contribution in [0.1, 0.15) is 52.9 Å². The minimum Gasteiger partial charge on any atom is -0.396 e. The van der Waals surface area contributed by atoms with Gasteiger partial charge in [0.05, 0.1) is 0 Å². The lowest BCUT2D eigenvalue weighted by molar-refractivity contribution is 0.197. The molecule has 0 aromatic carbocycles. The molecule has 1 aliphatic carbocycles. The number of rotatable bonds is 5. The molecule has 3 N–H and O–H groups in total. The number of nitrogens with one attached hydrogen (secondary N) is 2. The van der Waals surface area contributed by atoms with E-state index in [2.05, 4.69) is 17.6 Å². The van der Waals surface area contributed by atoms with Gasteiger partial charge in [-0.05, 0) is 38.5 Å². The van der Waals surface area contributed by atoms with Gasteiger partial charge in [0, 0.05) is 18.2 Å². The second-order valence-electron chi connectivity index (χ2n) is 5.50. The van der Waals surface area contributed by atoms with Crippen molar-refractivity contribution in [1.82, 2.24) is 10.6 Å². The molecule has 1 rings (SSSR count). The summed E-state index contributed by atoms with van der Waals surface area (Å²) in [6.07, 6.45) is 4.90. The molecule has 0 aromatic rings. The predicted molar refractivity (Wildman–Crippen MR) is 68.9 cm³/mol. The Balaban J connectivity index is 2.42. The molecule has 0 aromatic heterocycles. The number of aliphatic hydroxyl groups excluding tert-OH is 1. The topological polar surface area (TPSA) is 61.4 Å². The van der Waals surface area contributed by atoms with Crippen LogP contribution in [0.5, 0.6) is 0 Å². The Labute approximate surface area is 104 Å². The number of carbonyl (C=O) groups excluding carboxylic acids is 1. The molecule has 2 amide bonds. The Morgan fingerprint density at radius 3 is 2.65 bits per heavy atom. The smallest absolute Gasteiger partial charge is 0.315 e. The Morgan fingerprint density at radius 2 is 2.18 bits per heavy atom. The highest BCUT2D eigenvalue weighted by atomic mass is 16.3. The zero-order valence-corrected chi connectivity index (χ0v) is 11.3. The minimum absolute atomic E-state index is 0.0958. The summed E-state index contributed by atoms with van der Waals surface area (Å²) >= 11 is 0. The highest BCUT2D eigenvalue weighted by Crippen LogP contribution is 2.24. The average Bonchev–Trinajstić information content (AvgIpc) is 2.64. The molecule has 0 bridgehead atoms. The second-order valence-corrected chi connectivity index (χ2v) is 5.50. The molecule has 3 unspecified atom stereocenters. The molecule has 0 radical (unpaired) electrons. The van der Waals surface area contributed by atoms with E-state index in [0.29, 0.717) is 18.4 Å². The van der Waals surface area contributed by atoms with Gasteiger partial charge in [-0.1, -0.05) is 20.3 Å². The van der Waals surface area contributed by atoms with Crippen molar-refractivity contribution in [2.75, 3.05) is 6.61 Å². The molecule has 100 valence electrons. The first kappa shape index (κ1) is 14.3. The molecule has 17 heavy (non-hydrogen) atoms. The van der Waals surface area contributed by atoms with Crippen LogP contribution in [0.15, 0.2) is 0 Å². The van der Waals surface area contributed by atoms with Crippen molar-refractivity contribution in [3.05, 3.63) is 0 Å². The van der Waals surface area contributed by atoms with Crippen LogP contribution in [0.3, 0.4) is 0 Å². The van der Waals surface area contributed by atoms with E-state index in [1.165, 1.54) is 12.8 Å². The van der Waals surface area contributed by atoms with Crippen LogP contribution in [0.2, 0.25) is 0 Å². The molecule has 0 heterocycles. The summed E-state index contributed by atoms with van der Waals surface area (Å²) in [4.78, 5) is 11.9. The van der Waals surface area contributed by atoms with Crippen LogP contribution in [0.25, 0.3) is 0 Å². The number of carbonyl (C=O) groups is 1. The largest absolute Gasteiger partial charge is 0.396 e. The van der Waals surface area contributed by atoms with Crippen LogP contribution in [-0.2, 0) is 0 Å². The van der Waals surface area contributed by atoms with Gasteiger partial charge in [0.15, 0.2) is 0 Å². The van der Waals surface area contributed by atoms with Gasteiger partial charge in [-0.25, -0.2) is 4.79 Å². The standard InChI is InChI=1S/C13H26N2O2/c1-4-13(3,8-9-16)15-12(17)14-11-7-5-6-10(11)2/h10-11,16H,4-9H2,1-3H3,(H2,14,15,17). The number of amides is 2. The van der Waals surface area contributed by atoms with Gasteiger partial charge in [0.1, 0.15) is 0 Å². The summed E-state index contributed by atoms with van der Waals surface area (Å²) in [6.45, 7) is 6.28. The number of aliphatic hydroxyl groups is 1. The van der Waals surface area contributed by atoms with Crippen molar-refractivity contribution < 1.29 is 9.90 Å². The van der Waals surface area contributed by atoms with Crippen molar-refractivity contribution in [2.24, 2.45) is 5.92 Å². The number of hydrogen-bond donors (Lipinski definition) is 3. The van der Waals surface area contributed by atoms with Gasteiger partial charge in [-0.15, -0.1) is 0 Å². The first-order valence-corrected chi connectivity index (χ1v) is 6.70. The average molecular weight is 242 g/mol. The molecular formula is C13H26N2O2. The molecule has 4 nitrogen and oxygen atoms in total. The van der Waals surface area contributed by atoms with Gasteiger partial charge in [0.25, 0.3) is 0 Å². The molecule has 0 spiro atoms. The lowest BCUT2D eigenvalue weighted by atomic mass is 9.95. The monoisotopic (exact) mass is 242 g/mol. The van der Waals surface area contributed by atoms with Gasteiger partial charge >= 0.3 is 6.03 Å². The number of urea groups is 1. The molecule has 0 saturated heterocycles. The van der Waals surface area contributed by atoms with Crippen molar-refractivity contribution in [3.8, 4) is 0 Å². The molecule has 1 aliphatic rings. The van der Waals surface area contributed by atoms with E-state index in [0.717, 1.165) is 12.8 Å². The van der Waals surface area contributed by atoms with Crippen molar-refractivity contribution in [1.29, 1.82) is 0 Å². The Kier molecular flexibility index (Phi) is 5.25. The van der Waals surface area contributed by atoms with Crippen LogP contribution >= 0.6 is 0 Å². The van der Waals surface area contributed by atoms with E-state index in [9.17, 15) is 4.79 Å². The zero-order valence-electron chi connectivity index (χ0n) is 11.3. The maximum atomic E-state index is 11.9. The van der Waals surface area contributed by atoms with Gasteiger partial charge in [0.2, 0.25) is 0 Å². The fourth-order valence-electron chi connectivity index (χ4n) is 2.41. The Bertz CT molecular complexity index is 258. The summed E-state index contributed by atoms with van der Waals surface area (Å²) in [5, 5.41) is 15.0. The SMILES string of the molecule is CCC(C)(CCO)NC(=O)NC1CCCC1C. The molecular weight excluding hydrogens is 216 g/mol. The third-order valence-electron chi connectivity index (χ3n) is 4.04. The van der Waals surface area contributed by atoms with E-state index in [-0.39, 0.29) is 18.2 Å². The molecule has 1 fully saturated rings. The Morgan fingerprint density at radius 1 is 1.47 bits per heavy atom. The first-order valence-electron chi connectivity index (χ1n) is 6.70. The maximum absolute atomic E-state index is 11.9. The lowest BCUT2D eigenvalue weighted by Gasteiger charge is -2.30. The van der Waals surface area contributed by atoms with E-state index < -0.39 is 0 Å². The van der Waals surface area contributed by atoms with Crippen LogP contribution in [0, 0.1) is 5.92 Å². The lowest BCUT2D eigenvalue weighted by Crippen LogP contribution is -2.53. The summed E-state index contributed by atoms with van der Waals surface area (Å²) in [5.41, 5.74) is -0.305. The van der Waals surface area contributed by atoms with E-state index >= 15 is 0 Å². The van der Waals surface area contributed by atoms with Crippen molar-refractivity contribution >= 4 is 6.03 Å². The molecule has 1 saturated carbocycles. The molecule has 4 heteroatoms. The van der Waals surface area contributed by atoms with Gasteiger partial charge in [-0.2, -0.15) is 0 Å². The zero-order chi connectivity index (χ0) is 12.9. The Hall–Kier alpha value is -0.770. The minimum atomic E-state index is -0.305. The third-order valence-corrected chi connectivity index (χ3v) is 4.04. The third kappa shape index (κ3) is 4.19. The summed E-state index contributed by atoms with van der Waals surface area (Å²) < 4.78 is 0.